The normalized spacial score (nSPS) is 14.8. The third kappa shape index (κ3) is 3.04. The standard InChI is InChI=1S/C13H15ClN2O3/c14-8-9-15(11-2-1-3-11)13(17)10-4-6-12(7-5-10)16(18)19/h4-7,11H,1-3,8-9H2. The summed E-state index contributed by atoms with van der Waals surface area (Å²) < 4.78 is 0. The van der Waals surface area contributed by atoms with E-state index in [2.05, 4.69) is 0 Å². The SMILES string of the molecule is O=C(c1ccc([N+](=O)[O-])cc1)N(CCCl)C1CCC1. The highest BCUT2D eigenvalue weighted by atomic mass is 35.5. The largest absolute Gasteiger partial charge is 0.334 e. The van der Waals surface area contributed by atoms with Gasteiger partial charge in [0, 0.05) is 36.2 Å². The molecular weight excluding hydrogens is 268 g/mol. The molecule has 5 nitrogen and oxygen atoms in total. The van der Waals surface area contributed by atoms with Crippen molar-refractivity contribution in [2.45, 2.75) is 25.3 Å². The number of nitrogens with zero attached hydrogens (tertiary/aromatic N) is 2. The Bertz CT molecular complexity index is 471. The summed E-state index contributed by atoms with van der Waals surface area (Å²) in [5.74, 6) is 0.301. The summed E-state index contributed by atoms with van der Waals surface area (Å²) in [6, 6.07) is 5.97. The van der Waals surface area contributed by atoms with E-state index in [1.54, 1.807) is 4.90 Å². The van der Waals surface area contributed by atoms with Gasteiger partial charge in [-0.2, -0.15) is 0 Å². The van der Waals surface area contributed by atoms with E-state index in [9.17, 15) is 14.9 Å². The summed E-state index contributed by atoms with van der Waals surface area (Å²) in [6.45, 7) is 0.516. The molecule has 0 atom stereocenters. The maximum atomic E-state index is 12.3. The van der Waals surface area contributed by atoms with Gasteiger partial charge in [-0.25, -0.2) is 0 Å². The average Bonchev–Trinajstić information content (AvgIpc) is 2.35. The van der Waals surface area contributed by atoms with E-state index >= 15 is 0 Å². The highest BCUT2D eigenvalue weighted by Crippen LogP contribution is 2.26. The molecule has 19 heavy (non-hydrogen) atoms. The Morgan fingerprint density at radius 3 is 2.42 bits per heavy atom. The van der Waals surface area contributed by atoms with Crippen LogP contribution in [0.15, 0.2) is 24.3 Å². The van der Waals surface area contributed by atoms with Crippen molar-refractivity contribution in [2.75, 3.05) is 12.4 Å². The number of benzene rings is 1. The lowest BCUT2D eigenvalue weighted by Crippen LogP contribution is -2.45. The van der Waals surface area contributed by atoms with Crippen LogP contribution in [-0.4, -0.2) is 34.2 Å². The van der Waals surface area contributed by atoms with Crippen molar-refractivity contribution in [1.29, 1.82) is 0 Å². The van der Waals surface area contributed by atoms with Crippen LogP contribution < -0.4 is 0 Å². The van der Waals surface area contributed by atoms with Crippen molar-refractivity contribution in [3.8, 4) is 0 Å². The molecule has 0 spiro atoms. The van der Waals surface area contributed by atoms with Crippen LogP contribution in [0.4, 0.5) is 5.69 Å². The molecule has 1 saturated carbocycles. The van der Waals surface area contributed by atoms with Crippen molar-refractivity contribution in [2.24, 2.45) is 0 Å². The first-order valence-corrected chi connectivity index (χ1v) is 6.78. The molecule has 0 aromatic heterocycles. The molecule has 0 bridgehead atoms. The van der Waals surface area contributed by atoms with Crippen LogP contribution in [0.5, 0.6) is 0 Å². The topological polar surface area (TPSA) is 63.4 Å². The molecule has 102 valence electrons. The van der Waals surface area contributed by atoms with Crippen molar-refractivity contribution in [3.63, 3.8) is 0 Å². The van der Waals surface area contributed by atoms with Crippen LogP contribution in [0.2, 0.25) is 0 Å². The molecule has 1 aliphatic rings. The maximum Gasteiger partial charge on any atom is 0.269 e. The number of non-ortho nitro benzene ring substituents is 1. The number of hydrogen-bond acceptors (Lipinski definition) is 3. The fourth-order valence-corrected chi connectivity index (χ4v) is 2.31. The van der Waals surface area contributed by atoms with Crippen LogP contribution in [0.3, 0.4) is 0 Å². The van der Waals surface area contributed by atoms with Crippen molar-refractivity contribution < 1.29 is 9.72 Å². The third-order valence-electron chi connectivity index (χ3n) is 3.43. The fourth-order valence-electron chi connectivity index (χ4n) is 2.13. The number of carbonyl (C=O) groups excluding carboxylic acids is 1. The highest BCUT2D eigenvalue weighted by molar-refractivity contribution is 6.18. The average molecular weight is 283 g/mol. The van der Waals surface area contributed by atoms with Gasteiger partial charge in [0.15, 0.2) is 0 Å². The molecule has 1 aromatic carbocycles. The lowest BCUT2D eigenvalue weighted by Gasteiger charge is -2.37. The third-order valence-corrected chi connectivity index (χ3v) is 3.60. The fraction of sp³-hybridized carbons (Fsp3) is 0.462. The number of hydrogen-bond donors (Lipinski definition) is 0. The van der Waals surface area contributed by atoms with Crippen molar-refractivity contribution in [1.82, 2.24) is 4.90 Å². The molecule has 0 heterocycles. The molecule has 0 radical (unpaired) electrons. The van der Waals surface area contributed by atoms with E-state index in [4.69, 9.17) is 11.6 Å². The molecule has 1 amide bonds. The van der Waals surface area contributed by atoms with Crippen LogP contribution in [-0.2, 0) is 0 Å². The summed E-state index contributed by atoms with van der Waals surface area (Å²) in [4.78, 5) is 24.2. The number of rotatable bonds is 5. The van der Waals surface area contributed by atoms with Crippen LogP contribution >= 0.6 is 11.6 Å². The number of carbonyl (C=O) groups is 1. The monoisotopic (exact) mass is 282 g/mol. The van der Waals surface area contributed by atoms with Gasteiger partial charge in [0.1, 0.15) is 0 Å². The van der Waals surface area contributed by atoms with E-state index in [1.807, 2.05) is 0 Å². The molecule has 0 N–H and O–H groups in total. The summed E-state index contributed by atoms with van der Waals surface area (Å²) in [5, 5.41) is 10.6. The van der Waals surface area contributed by atoms with E-state index in [0.717, 1.165) is 19.3 Å². The first kappa shape index (κ1) is 13.8. The van der Waals surface area contributed by atoms with Crippen molar-refractivity contribution >= 4 is 23.2 Å². The Hall–Kier alpha value is -1.62. The number of alkyl halides is 1. The Balaban J connectivity index is 2.13. The maximum absolute atomic E-state index is 12.3. The molecule has 1 aromatic rings. The van der Waals surface area contributed by atoms with Crippen LogP contribution in [0, 0.1) is 10.1 Å². The van der Waals surface area contributed by atoms with Gasteiger partial charge < -0.3 is 4.90 Å². The molecule has 0 unspecified atom stereocenters. The van der Waals surface area contributed by atoms with Gasteiger partial charge in [0.2, 0.25) is 0 Å². The zero-order valence-electron chi connectivity index (χ0n) is 10.4. The van der Waals surface area contributed by atoms with E-state index < -0.39 is 4.92 Å². The molecule has 1 aliphatic carbocycles. The van der Waals surface area contributed by atoms with Gasteiger partial charge in [-0.1, -0.05) is 0 Å². The second-order valence-corrected chi connectivity index (χ2v) is 4.95. The minimum absolute atomic E-state index is 0.0101. The lowest BCUT2D eigenvalue weighted by molar-refractivity contribution is -0.384. The van der Waals surface area contributed by atoms with Crippen LogP contribution in [0.1, 0.15) is 29.6 Å². The summed E-state index contributed by atoms with van der Waals surface area (Å²) in [6.07, 6.45) is 3.15. The van der Waals surface area contributed by atoms with Gasteiger partial charge in [0.05, 0.1) is 4.92 Å². The number of halogens is 1. The predicted molar refractivity (Wildman–Crippen MR) is 72.5 cm³/mol. The zero-order valence-corrected chi connectivity index (χ0v) is 11.2. The zero-order chi connectivity index (χ0) is 13.8. The quantitative estimate of drug-likeness (QED) is 0.474. The van der Waals surface area contributed by atoms with E-state index in [0.29, 0.717) is 18.0 Å². The minimum atomic E-state index is -0.475. The Labute approximate surface area is 116 Å². The van der Waals surface area contributed by atoms with Gasteiger partial charge in [0.25, 0.3) is 11.6 Å². The lowest BCUT2D eigenvalue weighted by atomic mass is 9.91. The molecular formula is C13H15ClN2O3. The molecule has 0 aliphatic heterocycles. The van der Waals surface area contributed by atoms with E-state index in [-0.39, 0.29) is 17.6 Å². The molecule has 2 rings (SSSR count). The Kier molecular flexibility index (Phi) is 4.37. The summed E-state index contributed by atoms with van der Waals surface area (Å²) >= 11 is 5.74. The molecule has 0 saturated heterocycles. The minimum Gasteiger partial charge on any atom is -0.334 e. The van der Waals surface area contributed by atoms with Gasteiger partial charge in [-0.15, -0.1) is 11.6 Å². The van der Waals surface area contributed by atoms with Crippen molar-refractivity contribution in [3.05, 3.63) is 39.9 Å². The predicted octanol–water partition coefficient (Wildman–Crippen LogP) is 2.83. The number of nitro benzene ring substituents is 1. The Morgan fingerprint density at radius 1 is 1.37 bits per heavy atom. The molecule has 1 fully saturated rings. The second-order valence-electron chi connectivity index (χ2n) is 4.58. The smallest absolute Gasteiger partial charge is 0.269 e. The van der Waals surface area contributed by atoms with E-state index in [1.165, 1.54) is 24.3 Å². The van der Waals surface area contributed by atoms with Gasteiger partial charge in [-0.05, 0) is 31.4 Å². The first-order valence-electron chi connectivity index (χ1n) is 6.25. The highest BCUT2D eigenvalue weighted by Gasteiger charge is 2.29. The summed E-state index contributed by atoms with van der Waals surface area (Å²) in [5.41, 5.74) is 0.465. The molecule has 6 heteroatoms. The number of nitro groups is 1. The van der Waals surface area contributed by atoms with Crippen LogP contribution in [0.25, 0.3) is 0 Å². The van der Waals surface area contributed by atoms with Gasteiger partial charge >= 0.3 is 0 Å². The van der Waals surface area contributed by atoms with Gasteiger partial charge in [-0.3, -0.25) is 14.9 Å². The number of amides is 1. The first-order chi connectivity index (χ1) is 9.13. The summed E-state index contributed by atoms with van der Waals surface area (Å²) in [7, 11) is 0. The second kappa shape index (κ2) is 6.02. The Morgan fingerprint density at radius 2 is 2.00 bits per heavy atom.